The maximum atomic E-state index is 5.24. The number of hydrogen-bond donors (Lipinski definition) is 0. The molecule has 10 rings (SSSR count). The highest BCUT2D eigenvalue weighted by Crippen LogP contribution is 2.36. The Morgan fingerprint density at radius 1 is 0.385 bits per heavy atom. The topological polar surface area (TPSA) is 56.0 Å². The highest BCUT2D eigenvalue weighted by atomic mass is 15.2. The van der Waals surface area contributed by atoms with Gasteiger partial charge in [-0.3, -0.25) is 0 Å². The lowest BCUT2D eigenvalue weighted by Crippen LogP contribution is -2.00. The molecule has 0 atom stereocenters. The summed E-state index contributed by atoms with van der Waals surface area (Å²) in [4.78, 5) is 15.2. The molecule has 0 saturated carbocycles. The predicted octanol–water partition coefficient (Wildman–Crippen LogP) is 11.6. The lowest BCUT2D eigenvalue weighted by Gasteiger charge is -2.10. The first-order valence-corrected chi connectivity index (χ1v) is 17.5. The van der Waals surface area contributed by atoms with Crippen LogP contribution in [0.3, 0.4) is 0 Å². The zero-order valence-corrected chi connectivity index (χ0v) is 28.4. The van der Waals surface area contributed by atoms with Crippen molar-refractivity contribution in [1.29, 1.82) is 0 Å². The van der Waals surface area contributed by atoms with Crippen LogP contribution in [0, 0.1) is 6.92 Å². The molecular weight excluding hydrogens is 635 g/mol. The van der Waals surface area contributed by atoms with Crippen LogP contribution in [-0.2, 0) is 0 Å². The number of benzene rings is 7. The molecule has 0 spiro atoms. The van der Waals surface area contributed by atoms with Crippen molar-refractivity contribution in [3.63, 3.8) is 0 Å². The molecule has 0 saturated heterocycles. The number of pyridine rings is 1. The Labute approximate surface area is 300 Å². The SMILES string of the molecule is Cc1c(-c2ccc(-c3nc(-c4ccc5ccccc5c4)nc(-c4ccc5ccccc5c4)n3)cc2)nn2c(-c3ccccc3)cc3ccccc3c12. The maximum absolute atomic E-state index is 5.24. The second-order valence-corrected chi connectivity index (χ2v) is 13.2. The largest absolute Gasteiger partial charge is 0.232 e. The van der Waals surface area contributed by atoms with E-state index in [2.05, 4.69) is 175 Å². The lowest BCUT2D eigenvalue weighted by molar-refractivity contribution is 0.979. The zero-order valence-electron chi connectivity index (χ0n) is 28.4. The summed E-state index contributed by atoms with van der Waals surface area (Å²) in [5.41, 5.74) is 9.23. The summed E-state index contributed by atoms with van der Waals surface area (Å²) in [6, 6.07) is 59.2. The average Bonchev–Trinajstić information content (AvgIpc) is 3.57. The van der Waals surface area contributed by atoms with Gasteiger partial charge < -0.3 is 0 Å². The predicted molar refractivity (Wildman–Crippen MR) is 213 cm³/mol. The molecule has 0 amide bonds. The van der Waals surface area contributed by atoms with Gasteiger partial charge in [-0.25, -0.2) is 19.5 Å². The summed E-state index contributed by atoms with van der Waals surface area (Å²) in [7, 11) is 0. The highest BCUT2D eigenvalue weighted by molar-refractivity contribution is 6.01. The molecule has 10 aromatic rings. The third kappa shape index (κ3) is 5.10. The van der Waals surface area contributed by atoms with Gasteiger partial charge in [0, 0.05) is 38.8 Å². The van der Waals surface area contributed by atoms with Gasteiger partial charge in [0.15, 0.2) is 17.5 Å². The molecular formula is C47H31N5. The molecule has 0 aliphatic heterocycles. The Kier molecular flexibility index (Phi) is 6.96. The van der Waals surface area contributed by atoms with E-state index in [1.54, 1.807) is 0 Å². The van der Waals surface area contributed by atoms with Gasteiger partial charge in [0.05, 0.1) is 16.9 Å². The number of aryl methyl sites for hydroxylation is 1. The van der Waals surface area contributed by atoms with E-state index in [0.29, 0.717) is 17.5 Å². The Hall–Kier alpha value is -6.98. The van der Waals surface area contributed by atoms with Crippen LogP contribution in [0.25, 0.3) is 94.5 Å². The minimum absolute atomic E-state index is 0.622. The van der Waals surface area contributed by atoms with Crippen LogP contribution >= 0.6 is 0 Å². The van der Waals surface area contributed by atoms with E-state index in [0.717, 1.165) is 61.1 Å². The van der Waals surface area contributed by atoms with Gasteiger partial charge in [-0.05, 0) is 52.1 Å². The normalized spacial score (nSPS) is 11.6. The van der Waals surface area contributed by atoms with Gasteiger partial charge >= 0.3 is 0 Å². The molecule has 0 aliphatic carbocycles. The molecule has 0 bridgehead atoms. The molecule has 0 radical (unpaired) electrons. The van der Waals surface area contributed by atoms with Crippen molar-refractivity contribution < 1.29 is 0 Å². The van der Waals surface area contributed by atoms with Crippen LogP contribution in [0.5, 0.6) is 0 Å². The molecule has 244 valence electrons. The minimum atomic E-state index is 0.622. The van der Waals surface area contributed by atoms with Gasteiger partial charge in [0.2, 0.25) is 0 Å². The van der Waals surface area contributed by atoms with Gasteiger partial charge in [-0.1, -0.05) is 152 Å². The molecule has 0 aliphatic rings. The van der Waals surface area contributed by atoms with Crippen LogP contribution in [-0.4, -0.2) is 24.6 Å². The lowest BCUT2D eigenvalue weighted by atomic mass is 10.0. The first-order chi connectivity index (χ1) is 25.7. The summed E-state index contributed by atoms with van der Waals surface area (Å²) in [6.45, 7) is 2.17. The quantitative estimate of drug-likeness (QED) is 0.184. The number of fused-ring (bicyclic) bond motifs is 5. The van der Waals surface area contributed by atoms with Gasteiger partial charge in [0.1, 0.15) is 0 Å². The maximum Gasteiger partial charge on any atom is 0.164 e. The molecule has 0 N–H and O–H groups in total. The van der Waals surface area contributed by atoms with Crippen LogP contribution in [0.15, 0.2) is 170 Å². The standard InChI is InChI=1S/C47H31N5/c1-30-43(51-52-42(33-13-3-2-4-14-33)29-38-17-9-10-18-41(38)44(30)52)34-21-23-35(24-22-34)45-48-46(39-25-19-31-11-5-7-15-36(31)27-39)50-47(49-45)40-26-20-32-12-6-8-16-37(32)28-40/h2-29H,1H3. The van der Waals surface area contributed by atoms with E-state index >= 15 is 0 Å². The van der Waals surface area contributed by atoms with E-state index in [9.17, 15) is 0 Å². The van der Waals surface area contributed by atoms with E-state index in [-0.39, 0.29) is 0 Å². The Morgan fingerprint density at radius 3 is 1.48 bits per heavy atom. The summed E-state index contributed by atoms with van der Waals surface area (Å²) in [5.74, 6) is 1.90. The van der Waals surface area contributed by atoms with Crippen molar-refractivity contribution >= 4 is 37.8 Å². The zero-order chi connectivity index (χ0) is 34.6. The summed E-state index contributed by atoms with van der Waals surface area (Å²) < 4.78 is 2.11. The number of aromatic nitrogens is 5. The fourth-order valence-electron chi connectivity index (χ4n) is 7.32. The van der Waals surface area contributed by atoms with E-state index in [1.165, 1.54) is 21.5 Å². The summed E-state index contributed by atoms with van der Waals surface area (Å²) >= 11 is 0. The van der Waals surface area contributed by atoms with Gasteiger partial charge in [-0.15, -0.1) is 0 Å². The van der Waals surface area contributed by atoms with Crippen molar-refractivity contribution in [2.45, 2.75) is 6.92 Å². The molecule has 3 aromatic heterocycles. The Morgan fingerprint density at radius 2 is 0.865 bits per heavy atom. The highest BCUT2D eigenvalue weighted by Gasteiger charge is 2.18. The third-order valence-electron chi connectivity index (χ3n) is 10.00. The van der Waals surface area contributed by atoms with Crippen molar-refractivity contribution in [2.24, 2.45) is 0 Å². The fraction of sp³-hybridized carbons (Fsp3) is 0.0213. The fourth-order valence-corrected chi connectivity index (χ4v) is 7.32. The van der Waals surface area contributed by atoms with E-state index in [4.69, 9.17) is 20.1 Å². The Balaban J connectivity index is 1.11. The second kappa shape index (κ2) is 12.1. The van der Waals surface area contributed by atoms with Gasteiger partial charge in [0.25, 0.3) is 0 Å². The van der Waals surface area contributed by atoms with Crippen LogP contribution in [0.2, 0.25) is 0 Å². The van der Waals surface area contributed by atoms with Crippen molar-refractivity contribution in [3.8, 4) is 56.7 Å². The molecule has 5 nitrogen and oxygen atoms in total. The van der Waals surface area contributed by atoms with Crippen molar-refractivity contribution in [2.75, 3.05) is 0 Å². The molecule has 5 heteroatoms. The Bertz CT molecular complexity index is 2870. The van der Waals surface area contributed by atoms with Crippen molar-refractivity contribution in [1.82, 2.24) is 24.6 Å². The molecule has 52 heavy (non-hydrogen) atoms. The van der Waals surface area contributed by atoms with Gasteiger partial charge in [-0.2, -0.15) is 5.10 Å². The number of rotatable bonds is 5. The van der Waals surface area contributed by atoms with E-state index < -0.39 is 0 Å². The van der Waals surface area contributed by atoms with E-state index in [1.807, 2.05) is 6.07 Å². The monoisotopic (exact) mass is 665 g/mol. The molecule has 0 fully saturated rings. The van der Waals surface area contributed by atoms with Crippen LogP contribution < -0.4 is 0 Å². The molecule has 0 unspecified atom stereocenters. The summed E-state index contributed by atoms with van der Waals surface area (Å²) in [5, 5.41) is 12.3. The van der Waals surface area contributed by atoms with Crippen LogP contribution in [0.4, 0.5) is 0 Å². The second-order valence-electron chi connectivity index (χ2n) is 13.2. The smallest absolute Gasteiger partial charge is 0.164 e. The number of hydrogen-bond acceptors (Lipinski definition) is 4. The van der Waals surface area contributed by atoms with Crippen molar-refractivity contribution in [3.05, 3.63) is 175 Å². The summed E-state index contributed by atoms with van der Waals surface area (Å²) in [6.07, 6.45) is 0. The minimum Gasteiger partial charge on any atom is -0.232 e. The number of nitrogens with zero attached hydrogens (tertiary/aromatic N) is 5. The average molecular weight is 666 g/mol. The van der Waals surface area contributed by atoms with Crippen LogP contribution in [0.1, 0.15) is 5.56 Å². The first-order valence-electron chi connectivity index (χ1n) is 17.5. The molecule has 3 heterocycles. The third-order valence-corrected chi connectivity index (χ3v) is 10.00. The first kappa shape index (κ1) is 29.9. The molecule has 7 aromatic carbocycles.